The minimum Gasteiger partial charge on any atom is -0.480 e. The molecule has 1 saturated heterocycles. The predicted octanol–water partition coefficient (Wildman–Crippen LogP) is -5.87. The summed E-state index contributed by atoms with van der Waals surface area (Å²) in [5, 5.41) is 55.8. The van der Waals surface area contributed by atoms with Gasteiger partial charge in [0.1, 0.15) is 54.4 Å². The lowest BCUT2D eigenvalue weighted by atomic mass is 10.0. The number of carboxylic acids is 1. The number of nitrogens with one attached hydrogen (secondary N) is 7. The minimum absolute atomic E-state index is 0.0131. The van der Waals surface area contributed by atoms with Crippen LogP contribution in [0.3, 0.4) is 0 Å². The number of aliphatic hydroxyl groups is 3. The Morgan fingerprint density at radius 3 is 1.51 bits per heavy atom. The number of aliphatic hydroxyl groups excluding tert-OH is 3. The first kappa shape index (κ1) is 60.4. The maximum Gasteiger partial charge on any atom is 0.326 e. The predicted molar refractivity (Wildman–Crippen MR) is 244 cm³/mol. The average Bonchev–Trinajstić information content (AvgIpc) is 3.75. The van der Waals surface area contributed by atoms with Crippen molar-refractivity contribution in [2.75, 3.05) is 31.8 Å². The molecule has 68 heavy (non-hydrogen) atoms. The second-order valence-electron chi connectivity index (χ2n) is 17.3. The molecule has 1 heterocycles. The molecule has 386 valence electrons. The summed E-state index contributed by atoms with van der Waals surface area (Å²) >= 11 is 1.29. The van der Waals surface area contributed by atoms with Gasteiger partial charge in [0, 0.05) is 13.0 Å². The number of primary amides is 2. The summed E-state index contributed by atoms with van der Waals surface area (Å²) in [5.74, 6) is -11.1. The molecule has 0 aromatic rings. The number of carboxylic acid groups (broad SMARTS) is 1. The molecule has 0 bridgehead atoms. The molecule has 27 heteroatoms. The quantitative estimate of drug-likeness (QED) is 0.0308. The fourth-order valence-electron chi connectivity index (χ4n) is 6.86. The van der Waals surface area contributed by atoms with Crippen LogP contribution in [0.15, 0.2) is 0 Å². The number of likely N-dealkylation sites (tertiary alicyclic amines) is 1. The SMILES string of the molecule is CSCC[C@H](NC(=O)[C@H](CCC(N)=O)NC(=O)[C@@H]1CCCN1C(=O)[C@H](CC(N)=O)NC(=O)[C@H](CO)NC(=O)[C@H](CC(C)C)NC(=O)[C@@H](N)[C@@H](C)O)C(=O)N[C@@H](CO)C(=O)N[C@@H](CC(C)C)C(=O)O. The van der Waals surface area contributed by atoms with Crippen molar-refractivity contribution in [2.45, 2.75) is 146 Å². The number of hydrogen-bond donors (Lipinski definition) is 14. The maximum atomic E-state index is 14.0. The Bertz CT molecular complexity index is 1790. The van der Waals surface area contributed by atoms with Crippen molar-refractivity contribution in [3.8, 4) is 0 Å². The van der Waals surface area contributed by atoms with Crippen molar-refractivity contribution < 1.29 is 73.2 Å². The van der Waals surface area contributed by atoms with Gasteiger partial charge in [0.15, 0.2) is 0 Å². The van der Waals surface area contributed by atoms with E-state index >= 15 is 0 Å². The van der Waals surface area contributed by atoms with E-state index in [1.807, 2.05) is 0 Å². The van der Waals surface area contributed by atoms with E-state index in [1.165, 1.54) is 18.7 Å². The lowest BCUT2D eigenvalue weighted by Gasteiger charge is -2.30. The summed E-state index contributed by atoms with van der Waals surface area (Å²) in [6.45, 7) is 6.16. The molecule has 1 aliphatic heterocycles. The molecule has 0 aliphatic carbocycles. The van der Waals surface area contributed by atoms with E-state index in [2.05, 4.69) is 37.2 Å². The topological polar surface area (TPSA) is 434 Å². The molecule has 0 spiro atoms. The third kappa shape index (κ3) is 20.7. The highest BCUT2D eigenvalue weighted by Gasteiger charge is 2.41. The smallest absolute Gasteiger partial charge is 0.326 e. The molecule has 10 amide bonds. The Labute approximate surface area is 398 Å². The van der Waals surface area contributed by atoms with Crippen LogP contribution in [-0.4, -0.2) is 183 Å². The molecule has 0 aromatic carbocycles. The van der Waals surface area contributed by atoms with Gasteiger partial charge in [0.25, 0.3) is 0 Å². The molecule has 1 fully saturated rings. The van der Waals surface area contributed by atoms with Gasteiger partial charge in [0.2, 0.25) is 59.1 Å². The summed E-state index contributed by atoms with van der Waals surface area (Å²) < 4.78 is 0. The van der Waals surface area contributed by atoms with Gasteiger partial charge in [-0.05, 0) is 69.3 Å². The van der Waals surface area contributed by atoms with Crippen molar-refractivity contribution in [3.63, 3.8) is 0 Å². The number of thioether (sulfide) groups is 1. The number of carbonyl (C=O) groups excluding carboxylic acids is 10. The lowest BCUT2D eigenvalue weighted by molar-refractivity contribution is -0.143. The van der Waals surface area contributed by atoms with Gasteiger partial charge in [-0.3, -0.25) is 47.9 Å². The van der Waals surface area contributed by atoms with Gasteiger partial charge < -0.3 is 79.7 Å². The Hall–Kier alpha value is -5.64. The Kier molecular flexibility index (Phi) is 26.6. The van der Waals surface area contributed by atoms with E-state index in [1.54, 1.807) is 34.0 Å². The Morgan fingerprint density at radius 1 is 0.618 bits per heavy atom. The van der Waals surface area contributed by atoms with E-state index in [9.17, 15) is 73.2 Å². The first-order valence-corrected chi connectivity index (χ1v) is 23.5. The van der Waals surface area contributed by atoms with E-state index < -0.39 is 152 Å². The molecular weight excluding hydrogens is 919 g/mol. The van der Waals surface area contributed by atoms with Gasteiger partial charge in [-0.25, -0.2) is 4.79 Å². The number of aliphatic carboxylic acids is 1. The van der Waals surface area contributed by atoms with Crippen molar-refractivity contribution in [1.82, 2.24) is 42.1 Å². The average molecular weight is 990 g/mol. The van der Waals surface area contributed by atoms with Gasteiger partial charge in [-0.2, -0.15) is 11.8 Å². The van der Waals surface area contributed by atoms with Crippen molar-refractivity contribution in [3.05, 3.63) is 0 Å². The van der Waals surface area contributed by atoms with Gasteiger partial charge in [0.05, 0.1) is 25.7 Å². The van der Waals surface area contributed by atoms with Gasteiger partial charge >= 0.3 is 5.97 Å². The Balaban J connectivity index is 3.32. The van der Waals surface area contributed by atoms with E-state index in [0.717, 1.165) is 4.90 Å². The first-order chi connectivity index (χ1) is 31.8. The fourth-order valence-corrected chi connectivity index (χ4v) is 7.34. The zero-order valence-electron chi connectivity index (χ0n) is 39.3. The molecule has 0 aromatic heterocycles. The first-order valence-electron chi connectivity index (χ1n) is 22.1. The molecule has 0 saturated carbocycles. The molecule has 17 N–H and O–H groups in total. The van der Waals surface area contributed by atoms with Gasteiger partial charge in [-0.1, -0.05) is 27.7 Å². The highest BCUT2D eigenvalue weighted by molar-refractivity contribution is 7.98. The third-order valence-electron chi connectivity index (χ3n) is 10.5. The van der Waals surface area contributed by atoms with Crippen LogP contribution in [0.1, 0.15) is 86.0 Å². The standard InChI is InChI=1S/C41H71N11O15S/c1-19(2)14-24(47-39(64)32(44)21(5)55)35(60)51-27(17-53)36(61)48-25(16-31(43)57)40(65)52-12-7-8-29(52)38(63)46-22(9-10-30(42)56)33(58)45-23(11-13-68-6)34(59)50-28(18-54)37(62)49-26(41(66)67)15-20(3)4/h19-29,32,53-55H,7-18,44H2,1-6H3,(H2,42,56)(H2,43,57)(H,45,58)(H,46,63)(H,47,64)(H,48,61)(H,49,62)(H,50,59)(H,51,60)(H,66,67)/t21-,22+,23+,24+,25+,26+,27+,28+,29+,32+/m1/s1. The maximum absolute atomic E-state index is 14.0. The van der Waals surface area contributed by atoms with Crippen LogP contribution in [-0.2, 0) is 52.7 Å². The second-order valence-corrected chi connectivity index (χ2v) is 18.3. The zero-order chi connectivity index (χ0) is 52.0. The van der Waals surface area contributed by atoms with Gasteiger partial charge in [-0.15, -0.1) is 0 Å². The van der Waals surface area contributed by atoms with Crippen LogP contribution in [0.4, 0.5) is 0 Å². The molecule has 0 radical (unpaired) electrons. The van der Waals surface area contributed by atoms with Crippen molar-refractivity contribution in [1.29, 1.82) is 0 Å². The minimum atomic E-state index is -1.74. The highest BCUT2D eigenvalue weighted by atomic mass is 32.2. The molecule has 26 nitrogen and oxygen atoms in total. The molecule has 1 rings (SSSR count). The molecular formula is C41H71N11O15S. The monoisotopic (exact) mass is 989 g/mol. The molecule has 10 atom stereocenters. The fraction of sp³-hybridized carbons (Fsp3) is 0.732. The summed E-state index contributed by atoms with van der Waals surface area (Å²) in [5.41, 5.74) is 16.5. The van der Waals surface area contributed by atoms with Crippen LogP contribution in [0.25, 0.3) is 0 Å². The Morgan fingerprint density at radius 2 is 1.06 bits per heavy atom. The number of nitrogens with zero attached hydrogens (tertiary/aromatic N) is 1. The second kappa shape index (κ2) is 30.0. The molecule has 1 aliphatic rings. The van der Waals surface area contributed by atoms with Crippen LogP contribution in [0.2, 0.25) is 0 Å². The largest absolute Gasteiger partial charge is 0.480 e. The lowest BCUT2D eigenvalue weighted by Crippen LogP contribution is -2.61. The third-order valence-corrected chi connectivity index (χ3v) is 11.2. The summed E-state index contributed by atoms with van der Waals surface area (Å²) in [4.78, 5) is 144. The van der Waals surface area contributed by atoms with Crippen LogP contribution >= 0.6 is 11.8 Å². The van der Waals surface area contributed by atoms with Crippen LogP contribution < -0.4 is 54.4 Å². The number of hydrogen-bond acceptors (Lipinski definition) is 16. The number of rotatable bonds is 31. The highest BCUT2D eigenvalue weighted by Crippen LogP contribution is 2.20. The normalized spacial score (nSPS) is 17.5. The summed E-state index contributed by atoms with van der Waals surface area (Å²) in [6, 6.07) is -13.4. The summed E-state index contributed by atoms with van der Waals surface area (Å²) in [7, 11) is 0. The number of amides is 10. The molecule has 0 unspecified atom stereocenters. The zero-order valence-corrected chi connectivity index (χ0v) is 40.1. The van der Waals surface area contributed by atoms with Crippen molar-refractivity contribution >= 4 is 76.8 Å². The van der Waals surface area contributed by atoms with E-state index in [-0.39, 0.29) is 62.7 Å². The number of carbonyl (C=O) groups is 11. The van der Waals surface area contributed by atoms with Crippen molar-refractivity contribution in [2.24, 2.45) is 29.0 Å². The van der Waals surface area contributed by atoms with Crippen LogP contribution in [0, 0.1) is 11.8 Å². The van der Waals surface area contributed by atoms with E-state index in [4.69, 9.17) is 17.2 Å². The summed E-state index contributed by atoms with van der Waals surface area (Å²) in [6.07, 6.45) is -0.882. The van der Waals surface area contributed by atoms with Crippen LogP contribution in [0.5, 0.6) is 0 Å². The van der Waals surface area contributed by atoms with E-state index in [0.29, 0.717) is 0 Å². The number of nitrogens with two attached hydrogens (primary N) is 3.